The van der Waals surface area contributed by atoms with Gasteiger partial charge in [-0.05, 0) is 18.9 Å². The summed E-state index contributed by atoms with van der Waals surface area (Å²) in [5, 5.41) is 3.27. The summed E-state index contributed by atoms with van der Waals surface area (Å²) in [5.74, 6) is 1.04. The van der Waals surface area contributed by atoms with Gasteiger partial charge < -0.3 is 9.64 Å². The number of carbonyl (C=O) groups is 1. The highest BCUT2D eigenvalue weighted by molar-refractivity contribution is 5.81. The highest BCUT2D eigenvalue weighted by Gasteiger charge is 2.42. The molecule has 1 saturated heterocycles. The Hall–Kier alpha value is -1.55. The maximum absolute atomic E-state index is 11.9. The molecule has 1 atom stereocenters. The van der Waals surface area contributed by atoms with Crippen LogP contribution >= 0.6 is 0 Å². The molecule has 1 saturated carbocycles. The van der Waals surface area contributed by atoms with Gasteiger partial charge in [0.05, 0.1) is 13.7 Å². The Kier molecular flexibility index (Phi) is 2.52. The molecule has 1 aromatic rings. The maximum atomic E-state index is 11.9. The molecular formula is C13H16N2O2. The second kappa shape index (κ2) is 4.04. The first-order chi connectivity index (χ1) is 8.31. The van der Waals surface area contributed by atoms with E-state index in [0.29, 0.717) is 12.6 Å². The number of hydrogen-bond donors (Lipinski definition) is 1. The zero-order valence-corrected chi connectivity index (χ0v) is 9.85. The molecule has 1 aromatic carbocycles. The number of para-hydroxylation sites is 1. The number of methoxy groups -OCH3 is 1. The molecule has 0 spiro atoms. The van der Waals surface area contributed by atoms with E-state index in [2.05, 4.69) is 5.32 Å². The standard InChI is InChI=1S/C13H16N2O2/c1-17-11-5-3-2-4-10(11)13-14-8-12(16)15(13)9-6-7-9/h2-5,9,13-14H,6-8H2,1H3. The maximum Gasteiger partial charge on any atom is 0.238 e. The Morgan fingerprint density at radius 3 is 2.82 bits per heavy atom. The van der Waals surface area contributed by atoms with Crippen molar-refractivity contribution in [2.45, 2.75) is 25.0 Å². The van der Waals surface area contributed by atoms with Crippen molar-refractivity contribution in [3.63, 3.8) is 0 Å². The van der Waals surface area contributed by atoms with E-state index in [4.69, 9.17) is 4.74 Å². The van der Waals surface area contributed by atoms with Crippen LogP contribution in [0.3, 0.4) is 0 Å². The van der Waals surface area contributed by atoms with Crippen LogP contribution in [-0.2, 0) is 4.79 Å². The normalized spacial score (nSPS) is 24.2. The van der Waals surface area contributed by atoms with Crippen LogP contribution < -0.4 is 10.1 Å². The van der Waals surface area contributed by atoms with Gasteiger partial charge in [-0.3, -0.25) is 10.1 Å². The summed E-state index contributed by atoms with van der Waals surface area (Å²) >= 11 is 0. The Labute approximate surface area is 101 Å². The molecule has 1 N–H and O–H groups in total. The second-order valence-electron chi connectivity index (χ2n) is 4.56. The minimum absolute atomic E-state index is 0.0221. The fraction of sp³-hybridized carbons (Fsp3) is 0.462. The predicted molar refractivity (Wildman–Crippen MR) is 63.6 cm³/mol. The molecule has 1 aliphatic carbocycles. The molecule has 4 heteroatoms. The molecule has 0 aromatic heterocycles. The van der Waals surface area contributed by atoms with Gasteiger partial charge in [-0.25, -0.2) is 0 Å². The minimum Gasteiger partial charge on any atom is -0.496 e. The lowest BCUT2D eigenvalue weighted by Crippen LogP contribution is -2.32. The van der Waals surface area contributed by atoms with Crippen molar-refractivity contribution in [2.24, 2.45) is 0 Å². The molecule has 3 rings (SSSR count). The van der Waals surface area contributed by atoms with E-state index >= 15 is 0 Å². The summed E-state index contributed by atoms with van der Waals surface area (Å²) in [6.07, 6.45) is 2.23. The van der Waals surface area contributed by atoms with Crippen molar-refractivity contribution < 1.29 is 9.53 Å². The van der Waals surface area contributed by atoms with E-state index < -0.39 is 0 Å². The second-order valence-corrected chi connectivity index (χ2v) is 4.56. The number of rotatable bonds is 3. The number of nitrogens with zero attached hydrogens (tertiary/aromatic N) is 1. The summed E-state index contributed by atoms with van der Waals surface area (Å²) in [7, 11) is 1.66. The van der Waals surface area contributed by atoms with Crippen LogP contribution in [0.25, 0.3) is 0 Å². The first-order valence-electron chi connectivity index (χ1n) is 5.98. The first-order valence-corrected chi connectivity index (χ1v) is 5.98. The third-order valence-corrected chi connectivity index (χ3v) is 3.39. The predicted octanol–water partition coefficient (Wildman–Crippen LogP) is 1.29. The third kappa shape index (κ3) is 1.78. The number of carbonyl (C=O) groups excluding carboxylic acids is 1. The van der Waals surface area contributed by atoms with Crippen LogP contribution in [0.5, 0.6) is 5.75 Å². The van der Waals surface area contributed by atoms with E-state index in [0.717, 1.165) is 24.2 Å². The summed E-state index contributed by atoms with van der Waals surface area (Å²) in [4.78, 5) is 13.8. The van der Waals surface area contributed by atoms with Gasteiger partial charge in [0, 0.05) is 11.6 Å². The van der Waals surface area contributed by atoms with Gasteiger partial charge in [0.1, 0.15) is 11.9 Å². The van der Waals surface area contributed by atoms with Crippen LogP contribution in [-0.4, -0.2) is 30.5 Å². The highest BCUT2D eigenvalue weighted by atomic mass is 16.5. The number of amides is 1. The lowest BCUT2D eigenvalue weighted by atomic mass is 10.1. The lowest BCUT2D eigenvalue weighted by Gasteiger charge is -2.25. The van der Waals surface area contributed by atoms with Crippen LogP contribution in [0, 0.1) is 0 Å². The number of benzene rings is 1. The molecule has 1 unspecified atom stereocenters. The van der Waals surface area contributed by atoms with Gasteiger partial charge in [0.25, 0.3) is 0 Å². The smallest absolute Gasteiger partial charge is 0.238 e. The zero-order chi connectivity index (χ0) is 11.8. The fourth-order valence-electron chi connectivity index (χ4n) is 2.44. The number of hydrogen-bond acceptors (Lipinski definition) is 3. The number of nitrogens with one attached hydrogen (secondary N) is 1. The first kappa shape index (κ1) is 10.6. The Morgan fingerprint density at radius 1 is 1.35 bits per heavy atom. The average Bonchev–Trinajstić information content (AvgIpc) is 3.12. The van der Waals surface area contributed by atoms with Crippen molar-refractivity contribution in [1.29, 1.82) is 0 Å². The zero-order valence-electron chi connectivity index (χ0n) is 9.85. The molecule has 2 aliphatic rings. The number of ether oxygens (including phenoxy) is 1. The van der Waals surface area contributed by atoms with Crippen LogP contribution in [0.15, 0.2) is 24.3 Å². The third-order valence-electron chi connectivity index (χ3n) is 3.39. The molecule has 1 heterocycles. The molecule has 90 valence electrons. The van der Waals surface area contributed by atoms with E-state index in [1.54, 1.807) is 7.11 Å². The van der Waals surface area contributed by atoms with Crippen LogP contribution in [0.4, 0.5) is 0 Å². The van der Waals surface area contributed by atoms with Gasteiger partial charge in [-0.15, -0.1) is 0 Å². The van der Waals surface area contributed by atoms with Gasteiger partial charge in [0.15, 0.2) is 0 Å². The van der Waals surface area contributed by atoms with E-state index in [9.17, 15) is 4.79 Å². The largest absolute Gasteiger partial charge is 0.496 e. The lowest BCUT2D eigenvalue weighted by molar-refractivity contribution is -0.128. The Bertz CT molecular complexity index is 443. The van der Waals surface area contributed by atoms with E-state index in [-0.39, 0.29) is 12.1 Å². The summed E-state index contributed by atoms with van der Waals surface area (Å²) in [6.45, 7) is 0.430. The van der Waals surface area contributed by atoms with Gasteiger partial charge >= 0.3 is 0 Å². The minimum atomic E-state index is -0.0221. The van der Waals surface area contributed by atoms with Gasteiger partial charge in [-0.2, -0.15) is 0 Å². The molecule has 0 radical (unpaired) electrons. The summed E-state index contributed by atoms with van der Waals surface area (Å²) < 4.78 is 5.36. The Morgan fingerprint density at radius 2 is 2.12 bits per heavy atom. The fourth-order valence-corrected chi connectivity index (χ4v) is 2.44. The van der Waals surface area contributed by atoms with Gasteiger partial charge in [-0.1, -0.05) is 18.2 Å². The van der Waals surface area contributed by atoms with E-state index in [1.807, 2.05) is 29.2 Å². The SMILES string of the molecule is COc1ccccc1C1NCC(=O)N1C1CC1. The van der Waals surface area contributed by atoms with E-state index in [1.165, 1.54) is 0 Å². The molecule has 0 bridgehead atoms. The molecular weight excluding hydrogens is 216 g/mol. The summed E-state index contributed by atoms with van der Waals surface area (Å²) in [6, 6.07) is 8.30. The van der Waals surface area contributed by atoms with Crippen LogP contribution in [0.2, 0.25) is 0 Å². The molecule has 4 nitrogen and oxygen atoms in total. The monoisotopic (exact) mass is 232 g/mol. The molecule has 2 fully saturated rings. The topological polar surface area (TPSA) is 41.6 Å². The highest BCUT2D eigenvalue weighted by Crippen LogP contribution is 2.38. The van der Waals surface area contributed by atoms with Crippen molar-refractivity contribution in [3.05, 3.63) is 29.8 Å². The van der Waals surface area contributed by atoms with Crippen LogP contribution in [0.1, 0.15) is 24.6 Å². The van der Waals surface area contributed by atoms with Crippen molar-refractivity contribution in [1.82, 2.24) is 10.2 Å². The summed E-state index contributed by atoms with van der Waals surface area (Å²) in [5.41, 5.74) is 1.05. The Balaban J connectivity index is 1.94. The average molecular weight is 232 g/mol. The van der Waals surface area contributed by atoms with Gasteiger partial charge in [0.2, 0.25) is 5.91 Å². The quantitative estimate of drug-likeness (QED) is 0.853. The molecule has 17 heavy (non-hydrogen) atoms. The molecule has 1 aliphatic heterocycles. The molecule has 1 amide bonds. The van der Waals surface area contributed by atoms with Crippen molar-refractivity contribution in [3.8, 4) is 5.75 Å². The van der Waals surface area contributed by atoms with Crippen molar-refractivity contribution in [2.75, 3.05) is 13.7 Å². The van der Waals surface area contributed by atoms with Crippen molar-refractivity contribution >= 4 is 5.91 Å².